The van der Waals surface area contributed by atoms with Crippen LogP contribution in [0.3, 0.4) is 0 Å². The molecule has 1 saturated carbocycles. The van der Waals surface area contributed by atoms with Crippen LogP contribution >= 0.6 is 0 Å². The molecule has 0 aromatic heterocycles. The van der Waals surface area contributed by atoms with Gasteiger partial charge in [-0.15, -0.1) is 0 Å². The van der Waals surface area contributed by atoms with Crippen molar-refractivity contribution in [3.05, 3.63) is 29.8 Å². The van der Waals surface area contributed by atoms with E-state index in [0.29, 0.717) is 23.1 Å². The minimum Gasteiger partial charge on any atom is -0.481 e. The second-order valence-electron chi connectivity index (χ2n) is 6.50. The summed E-state index contributed by atoms with van der Waals surface area (Å²) >= 11 is 0. The molecule has 134 valence electrons. The molecule has 0 unspecified atom stereocenters. The maximum absolute atomic E-state index is 12.0. The predicted molar refractivity (Wildman–Crippen MR) is 91.7 cm³/mol. The first-order valence-corrected chi connectivity index (χ1v) is 8.58. The summed E-state index contributed by atoms with van der Waals surface area (Å²) in [5.74, 6) is 0.371. The maximum Gasteiger partial charge on any atom is 0.344 e. The Hall–Kier alpha value is -2.55. The molecule has 1 aromatic carbocycles. The Labute approximate surface area is 148 Å². The monoisotopic (exact) mass is 344 g/mol. The molecule has 0 spiro atoms. The first-order chi connectivity index (χ1) is 12.0. The van der Waals surface area contributed by atoms with Gasteiger partial charge in [-0.3, -0.25) is 4.79 Å². The van der Waals surface area contributed by atoms with Gasteiger partial charge in [0.25, 0.3) is 5.91 Å². The van der Waals surface area contributed by atoms with Gasteiger partial charge in [-0.2, -0.15) is 5.26 Å². The fourth-order valence-corrected chi connectivity index (χ4v) is 3.04. The number of esters is 1. The van der Waals surface area contributed by atoms with Crippen LogP contribution in [0.1, 0.15) is 38.7 Å². The molecular formula is C19H24N2O4. The third-order valence-corrected chi connectivity index (χ3v) is 4.77. The van der Waals surface area contributed by atoms with E-state index in [1.165, 1.54) is 6.42 Å². The number of nitrogens with zero attached hydrogens (tertiary/aromatic N) is 1. The third-order valence-electron chi connectivity index (χ3n) is 4.77. The molecule has 3 atom stereocenters. The molecule has 1 amide bonds. The van der Waals surface area contributed by atoms with E-state index in [4.69, 9.17) is 14.7 Å². The predicted octanol–water partition coefficient (Wildman–Crippen LogP) is 2.42. The zero-order valence-electron chi connectivity index (χ0n) is 14.7. The SMILES string of the molecule is C[C@H]1[C@H](C)CCC[C@@H]1NC(=O)COC(=O)COc1ccccc1C#N. The summed E-state index contributed by atoms with van der Waals surface area (Å²) in [6, 6.07) is 8.73. The van der Waals surface area contributed by atoms with Crippen molar-refractivity contribution < 1.29 is 19.1 Å². The molecule has 25 heavy (non-hydrogen) atoms. The molecule has 1 N–H and O–H groups in total. The lowest BCUT2D eigenvalue weighted by Crippen LogP contribution is -2.45. The molecule has 0 bridgehead atoms. The van der Waals surface area contributed by atoms with Crippen molar-refractivity contribution in [2.75, 3.05) is 13.2 Å². The standard InChI is InChI=1S/C19H24N2O4/c1-13-6-5-8-16(14(13)2)21-18(22)11-25-19(23)12-24-17-9-4-3-7-15(17)10-20/h3-4,7,9,13-14,16H,5-6,8,11-12H2,1-2H3,(H,21,22)/t13-,14+,16+/m1/s1. The van der Waals surface area contributed by atoms with Crippen molar-refractivity contribution in [1.82, 2.24) is 5.32 Å². The molecule has 0 aliphatic heterocycles. The molecule has 0 saturated heterocycles. The van der Waals surface area contributed by atoms with E-state index < -0.39 is 5.97 Å². The first kappa shape index (κ1) is 18.8. The topological polar surface area (TPSA) is 88.4 Å². The van der Waals surface area contributed by atoms with Crippen LogP contribution in [-0.2, 0) is 14.3 Å². The van der Waals surface area contributed by atoms with Crippen LogP contribution in [0.4, 0.5) is 0 Å². The molecule has 2 rings (SSSR count). The van der Waals surface area contributed by atoms with Gasteiger partial charge in [0.1, 0.15) is 11.8 Å². The maximum atomic E-state index is 12.0. The Morgan fingerprint density at radius 3 is 2.76 bits per heavy atom. The number of hydrogen-bond acceptors (Lipinski definition) is 5. The van der Waals surface area contributed by atoms with E-state index >= 15 is 0 Å². The van der Waals surface area contributed by atoms with E-state index in [9.17, 15) is 9.59 Å². The van der Waals surface area contributed by atoms with Crippen LogP contribution in [0.15, 0.2) is 24.3 Å². The van der Waals surface area contributed by atoms with Crippen molar-refractivity contribution >= 4 is 11.9 Å². The Kier molecular flexibility index (Phi) is 6.81. The molecule has 0 heterocycles. The van der Waals surface area contributed by atoms with E-state index in [1.807, 2.05) is 6.07 Å². The van der Waals surface area contributed by atoms with Gasteiger partial charge >= 0.3 is 5.97 Å². The molecule has 1 aliphatic carbocycles. The molecular weight excluding hydrogens is 320 g/mol. The number of amides is 1. The molecule has 6 heteroatoms. The van der Waals surface area contributed by atoms with Gasteiger partial charge in [-0.05, 0) is 30.4 Å². The first-order valence-electron chi connectivity index (χ1n) is 8.58. The highest BCUT2D eigenvalue weighted by molar-refractivity contribution is 5.81. The highest BCUT2D eigenvalue weighted by Crippen LogP contribution is 2.29. The summed E-state index contributed by atoms with van der Waals surface area (Å²) < 4.78 is 10.2. The lowest BCUT2D eigenvalue weighted by atomic mass is 9.78. The van der Waals surface area contributed by atoms with Gasteiger partial charge in [-0.25, -0.2) is 4.79 Å². The van der Waals surface area contributed by atoms with Crippen LogP contribution < -0.4 is 10.1 Å². The van der Waals surface area contributed by atoms with Crippen LogP contribution in [0, 0.1) is 23.2 Å². The summed E-state index contributed by atoms with van der Waals surface area (Å²) in [6.07, 6.45) is 3.24. The number of nitrogens with one attached hydrogen (secondary N) is 1. The van der Waals surface area contributed by atoms with Gasteiger partial charge in [0.05, 0.1) is 5.56 Å². The second kappa shape index (κ2) is 9.07. The lowest BCUT2D eigenvalue weighted by molar-refractivity contribution is -0.150. The number of benzene rings is 1. The van der Waals surface area contributed by atoms with E-state index in [-0.39, 0.29) is 25.2 Å². The number of rotatable bonds is 6. The van der Waals surface area contributed by atoms with Gasteiger partial charge in [0.2, 0.25) is 0 Å². The zero-order chi connectivity index (χ0) is 18.2. The molecule has 1 aliphatic rings. The van der Waals surface area contributed by atoms with Crippen molar-refractivity contribution in [2.24, 2.45) is 11.8 Å². The van der Waals surface area contributed by atoms with Gasteiger partial charge in [0, 0.05) is 6.04 Å². The number of carbonyl (C=O) groups is 2. The smallest absolute Gasteiger partial charge is 0.344 e. The minimum atomic E-state index is -0.645. The average molecular weight is 344 g/mol. The van der Waals surface area contributed by atoms with E-state index in [1.54, 1.807) is 24.3 Å². The van der Waals surface area contributed by atoms with Crippen LogP contribution in [-0.4, -0.2) is 31.1 Å². The third kappa shape index (κ3) is 5.49. The molecule has 1 aromatic rings. The number of nitriles is 1. The Morgan fingerprint density at radius 1 is 1.24 bits per heavy atom. The van der Waals surface area contributed by atoms with Gasteiger partial charge in [-0.1, -0.05) is 38.8 Å². The number of para-hydroxylation sites is 1. The summed E-state index contributed by atoms with van der Waals surface area (Å²) in [5.41, 5.74) is 0.341. The normalized spacial score (nSPS) is 22.5. The van der Waals surface area contributed by atoms with Crippen molar-refractivity contribution in [3.63, 3.8) is 0 Å². The highest BCUT2D eigenvalue weighted by Gasteiger charge is 2.28. The summed E-state index contributed by atoms with van der Waals surface area (Å²) in [5, 5.41) is 11.9. The zero-order valence-corrected chi connectivity index (χ0v) is 14.7. The van der Waals surface area contributed by atoms with Crippen molar-refractivity contribution in [3.8, 4) is 11.8 Å². The highest BCUT2D eigenvalue weighted by atomic mass is 16.6. The van der Waals surface area contributed by atoms with Gasteiger partial charge in [0.15, 0.2) is 13.2 Å². The lowest BCUT2D eigenvalue weighted by Gasteiger charge is -2.34. The summed E-state index contributed by atoms with van der Waals surface area (Å²) in [4.78, 5) is 23.7. The summed E-state index contributed by atoms with van der Waals surface area (Å²) in [6.45, 7) is 3.67. The number of ether oxygens (including phenoxy) is 2. The largest absolute Gasteiger partial charge is 0.481 e. The number of carbonyl (C=O) groups excluding carboxylic acids is 2. The van der Waals surface area contributed by atoms with E-state index in [0.717, 1.165) is 12.8 Å². The molecule has 6 nitrogen and oxygen atoms in total. The molecule has 1 fully saturated rings. The Balaban J connectivity index is 1.72. The second-order valence-corrected chi connectivity index (χ2v) is 6.50. The van der Waals surface area contributed by atoms with E-state index in [2.05, 4.69) is 19.2 Å². The molecule has 0 radical (unpaired) electrons. The van der Waals surface area contributed by atoms with Crippen LogP contribution in [0.5, 0.6) is 5.75 Å². The summed E-state index contributed by atoms with van der Waals surface area (Å²) in [7, 11) is 0. The average Bonchev–Trinajstić information content (AvgIpc) is 2.62. The van der Waals surface area contributed by atoms with Crippen molar-refractivity contribution in [1.29, 1.82) is 5.26 Å². The Morgan fingerprint density at radius 2 is 2.00 bits per heavy atom. The van der Waals surface area contributed by atoms with Crippen LogP contribution in [0.2, 0.25) is 0 Å². The minimum absolute atomic E-state index is 0.133. The quantitative estimate of drug-likeness (QED) is 0.801. The van der Waals surface area contributed by atoms with Crippen molar-refractivity contribution in [2.45, 2.75) is 39.2 Å². The fourth-order valence-electron chi connectivity index (χ4n) is 3.04. The number of hydrogen-bond donors (Lipinski definition) is 1. The Bertz CT molecular complexity index is 653. The van der Waals surface area contributed by atoms with Crippen LogP contribution in [0.25, 0.3) is 0 Å². The van der Waals surface area contributed by atoms with Gasteiger partial charge < -0.3 is 14.8 Å². The fraction of sp³-hybridized carbons (Fsp3) is 0.526.